The Kier molecular flexibility index (Phi) is 4.21. The van der Waals surface area contributed by atoms with Crippen LogP contribution in [0.2, 0.25) is 0 Å². The van der Waals surface area contributed by atoms with E-state index in [2.05, 4.69) is 10.2 Å². The summed E-state index contributed by atoms with van der Waals surface area (Å²) in [5, 5.41) is 6.13. The summed E-state index contributed by atoms with van der Waals surface area (Å²) in [6, 6.07) is 0. The van der Waals surface area contributed by atoms with Crippen LogP contribution in [-0.4, -0.2) is 38.9 Å². The second-order valence-corrected chi connectivity index (χ2v) is 4.40. The molecular formula is C7H13N3O4S. The Hall–Kier alpha value is -0.960. The van der Waals surface area contributed by atoms with E-state index in [1.165, 1.54) is 13.3 Å². The van der Waals surface area contributed by atoms with E-state index in [1.807, 2.05) is 4.89 Å². The Balaban J connectivity index is 2.57. The highest BCUT2D eigenvalue weighted by molar-refractivity contribution is 7.89. The molecule has 1 aromatic rings. The van der Waals surface area contributed by atoms with Gasteiger partial charge < -0.3 is 4.74 Å². The molecule has 15 heavy (non-hydrogen) atoms. The van der Waals surface area contributed by atoms with Crippen molar-refractivity contribution in [2.75, 3.05) is 20.3 Å². The van der Waals surface area contributed by atoms with E-state index in [-0.39, 0.29) is 11.5 Å². The lowest BCUT2D eigenvalue weighted by Gasteiger charge is -2.05. The van der Waals surface area contributed by atoms with Gasteiger partial charge in [0.05, 0.1) is 25.1 Å². The van der Waals surface area contributed by atoms with Crippen molar-refractivity contribution in [2.24, 2.45) is 0 Å². The number of aryl methyl sites for hydroxylation is 1. The van der Waals surface area contributed by atoms with Crippen molar-refractivity contribution >= 4 is 10.0 Å². The lowest BCUT2D eigenvalue weighted by Crippen LogP contribution is -2.25. The van der Waals surface area contributed by atoms with Gasteiger partial charge in [0.15, 0.2) is 0 Å². The lowest BCUT2D eigenvalue weighted by atomic mass is 10.5. The first kappa shape index (κ1) is 12.1. The quantitative estimate of drug-likeness (QED) is 0.515. The maximum Gasteiger partial charge on any atom is 0.265 e. The number of aromatic amines is 1. The molecule has 86 valence electrons. The summed E-state index contributed by atoms with van der Waals surface area (Å²) in [5.74, 6) is 0. The number of aromatic nitrogens is 2. The number of hydrogen-bond donors (Lipinski definition) is 2. The normalized spacial score (nSPS) is 11.9. The first-order valence-corrected chi connectivity index (χ1v) is 5.68. The molecule has 1 rings (SSSR count). The van der Waals surface area contributed by atoms with E-state index < -0.39 is 10.0 Å². The molecule has 0 fully saturated rings. The smallest absolute Gasteiger partial charge is 0.265 e. The van der Waals surface area contributed by atoms with Gasteiger partial charge in [-0.1, -0.05) is 4.89 Å². The van der Waals surface area contributed by atoms with Crippen LogP contribution in [0.5, 0.6) is 0 Å². The zero-order valence-electron chi connectivity index (χ0n) is 8.48. The monoisotopic (exact) mass is 235 g/mol. The van der Waals surface area contributed by atoms with E-state index in [0.29, 0.717) is 12.3 Å². The molecule has 0 saturated carbocycles. The molecule has 0 spiro atoms. The van der Waals surface area contributed by atoms with Crippen molar-refractivity contribution in [3.05, 3.63) is 11.9 Å². The molecule has 0 aliphatic rings. The van der Waals surface area contributed by atoms with Gasteiger partial charge in [-0.25, -0.2) is 8.42 Å². The van der Waals surface area contributed by atoms with Crippen LogP contribution in [-0.2, 0) is 19.6 Å². The van der Waals surface area contributed by atoms with Gasteiger partial charge in [0.25, 0.3) is 10.0 Å². The number of sulfonamides is 1. The fourth-order valence-electron chi connectivity index (χ4n) is 0.900. The van der Waals surface area contributed by atoms with Crippen molar-refractivity contribution in [1.82, 2.24) is 15.1 Å². The van der Waals surface area contributed by atoms with Crippen LogP contribution in [0.1, 0.15) is 5.69 Å². The molecule has 0 atom stereocenters. The lowest BCUT2D eigenvalue weighted by molar-refractivity contribution is 0.0438. The number of nitrogens with zero attached hydrogens (tertiary/aromatic N) is 1. The number of H-pyrrole nitrogens is 1. The third kappa shape index (κ3) is 3.27. The topological polar surface area (TPSA) is 93.3 Å². The summed E-state index contributed by atoms with van der Waals surface area (Å²) in [4.78, 5) is 6.75. The average molecular weight is 235 g/mol. The van der Waals surface area contributed by atoms with Crippen molar-refractivity contribution < 1.29 is 18.0 Å². The minimum absolute atomic E-state index is 0.0694. The zero-order valence-corrected chi connectivity index (χ0v) is 9.30. The van der Waals surface area contributed by atoms with E-state index >= 15 is 0 Å². The highest BCUT2D eigenvalue weighted by Gasteiger charge is 2.18. The van der Waals surface area contributed by atoms with Crippen molar-refractivity contribution in [1.29, 1.82) is 0 Å². The molecule has 0 bridgehead atoms. The highest BCUT2D eigenvalue weighted by atomic mass is 32.2. The second-order valence-electron chi connectivity index (χ2n) is 2.79. The largest absolute Gasteiger partial charge is 0.382 e. The van der Waals surface area contributed by atoms with Crippen LogP contribution in [0, 0.1) is 6.92 Å². The third-order valence-electron chi connectivity index (χ3n) is 1.63. The second kappa shape index (κ2) is 5.21. The summed E-state index contributed by atoms with van der Waals surface area (Å²) >= 11 is 0. The Bertz CT molecular complexity index is 400. The van der Waals surface area contributed by atoms with Gasteiger partial charge in [-0.3, -0.25) is 9.94 Å². The summed E-state index contributed by atoms with van der Waals surface area (Å²) in [7, 11) is -2.15. The van der Waals surface area contributed by atoms with Crippen LogP contribution in [0.25, 0.3) is 0 Å². The van der Waals surface area contributed by atoms with Crippen LogP contribution < -0.4 is 4.89 Å². The molecule has 0 aromatic carbocycles. The molecule has 8 heteroatoms. The van der Waals surface area contributed by atoms with Crippen LogP contribution >= 0.6 is 0 Å². The Morgan fingerprint density at radius 2 is 2.27 bits per heavy atom. The van der Waals surface area contributed by atoms with Gasteiger partial charge in [0.1, 0.15) is 4.90 Å². The fourth-order valence-corrected chi connectivity index (χ4v) is 1.87. The summed E-state index contributed by atoms with van der Waals surface area (Å²) in [6.45, 7) is 2.07. The van der Waals surface area contributed by atoms with Crippen molar-refractivity contribution in [3.63, 3.8) is 0 Å². The molecule has 0 aliphatic heterocycles. The third-order valence-corrected chi connectivity index (χ3v) is 2.96. The highest BCUT2D eigenvalue weighted by Crippen LogP contribution is 2.10. The van der Waals surface area contributed by atoms with Gasteiger partial charge in [-0.05, 0) is 6.92 Å². The van der Waals surface area contributed by atoms with Gasteiger partial charge >= 0.3 is 0 Å². The number of methoxy groups -OCH3 is 1. The van der Waals surface area contributed by atoms with Crippen LogP contribution in [0.4, 0.5) is 0 Å². The number of nitrogens with one attached hydrogen (secondary N) is 2. The SMILES string of the molecule is COCCONS(=O)(=O)c1cn[nH]c1C. The van der Waals surface area contributed by atoms with Gasteiger partial charge in [0.2, 0.25) is 0 Å². The zero-order chi connectivity index (χ0) is 11.3. The summed E-state index contributed by atoms with van der Waals surface area (Å²) < 4.78 is 27.8. The maximum absolute atomic E-state index is 11.5. The number of hydrogen-bond acceptors (Lipinski definition) is 5. The molecule has 1 aromatic heterocycles. The molecule has 1 heterocycles. The molecule has 0 unspecified atom stereocenters. The van der Waals surface area contributed by atoms with Crippen LogP contribution in [0.3, 0.4) is 0 Å². The van der Waals surface area contributed by atoms with Gasteiger partial charge in [-0.15, -0.1) is 0 Å². The Morgan fingerprint density at radius 1 is 1.53 bits per heavy atom. The van der Waals surface area contributed by atoms with Gasteiger partial charge in [0, 0.05) is 7.11 Å². The Labute approximate surface area is 87.8 Å². The summed E-state index contributed by atoms with van der Waals surface area (Å²) in [6.07, 6.45) is 1.22. The minimum atomic E-state index is -3.65. The van der Waals surface area contributed by atoms with E-state index in [1.54, 1.807) is 6.92 Å². The summed E-state index contributed by atoms with van der Waals surface area (Å²) in [5.41, 5.74) is 0.456. The molecule has 7 nitrogen and oxygen atoms in total. The molecule has 0 amide bonds. The molecule has 2 N–H and O–H groups in total. The Morgan fingerprint density at radius 3 is 2.80 bits per heavy atom. The molecule has 0 saturated heterocycles. The molecular weight excluding hydrogens is 222 g/mol. The standard InChI is InChI=1S/C7H13N3O4S/c1-6-7(5-8-9-6)15(11,12)10-14-4-3-13-2/h5,10H,3-4H2,1-2H3,(H,8,9). The predicted octanol–water partition coefficient (Wildman–Crippen LogP) is -0.426. The average Bonchev–Trinajstić information content (AvgIpc) is 2.60. The van der Waals surface area contributed by atoms with Gasteiger partial charge in [-0.2, -0.15) is 5.10 Å². The van der Waals surface area contributed by atoms with Crippen LogP contribution in [0.15, 0.2) is 11.1 Å². The van der Waals surface area contributed by atoms with E-state index in [4.69, 9.17) is 9.57 Å². The van der Waals surface area contributed by atoms with Crippen molar-refractivity contribution in [2.45, 2.75) is 11.8 Å². The predicted molar refractivity (Wildman–Crippen MR) is 51.5 cm³/mol. The fraction of sp³-hybridized carbons (Fsp3) is 0.571. The number of rotatable bonds is 6. The first-order valence-electron chi connectivity index (χ1n) is 4.20. The molecule has 0 radical (unpaired) electrons. The minimum Gasteiger partial charge on any atom is -0.382 e. The maximum atomic E-state index is 11.5. The van der Waals surface area contributed by atoms with E-state index in [0.717, 1.165) is 0 Å². The molecule has 0 aliphatic carbocycles. The number of ether oxygens (including phenoxy) is 1. The van der Waals surface area contributed by atoms with E-state index in [9.17, 15) is 8.42 Å². The first-order chi connectivity index (χ1) is 7.08. The van der Waals surface area contributed by atoms with Crippen molar-refractivity contribution in [3.8, 4) is 0 Å².